The molecule has 0 radical (unpaired) electrons. The Kier molecular flexibility index (Phi) is 4.60. The van der Waals surface area contributed by atoms with Crippen molar-refractivity contribution in [3.8, 4) is 0 Å². The summed E-state index contributed by atoms with van der Waals surface area (Å²) in [6.45, 7) is 6.60. The Bertz CT molecular complexity index is 326. The van der Waals surface area contributed by atoms with Gasteiger partial charge in [0.2, 0.25) is 0 Å². The van der Waals surface area contributed by atoms with Gasteiger partial charge < -0.3 is 5.32 Å². The SMILES string of the molecule is CCCNC(C)c1cnn(CC2CCCC2)c1. The Labute approximate surface area is 105 Å². The molecular formula is C14H25N3. The standard InChI is InChI=1S/C14H25N3/c1-3-8-15-12(2)14-9-16-17(11-14)10-13-6-4-5-7-13/h9,11-13,15H,3-8,10H2,1-2H3. The van der Waals surface area contributed by atoms with Crippen LogP contribution < -0.4 is 5.32 Å². The van der Waals surface area contributed by atoms with Crippen LogP contribution in [0.25, 0.3) is 0 Å². The molecular weight excluding hydrogens is 210 g/mol. The van der Waals surface area contributed by atoms with Crippen LogP contribution in [0.2, 0.25) is 0 Å². The normalized spacial score (nSPS) is 18.7. The molecule has 1 aliphatic rings. The monoisotopic (exact) mass is 235 g/mol. The molecule has 17 heavy (non-hydrogen) atoms. The fourth-order valence-electron chi connectivity index (χ4n) is 2.64. The third-order valence-electron chi connectivity index (χ3n) is 3.77. The van der Waals surface area contributed by atoms with E-state index < -0.39 is 0 Å². The van der Waals surface area contributed by atoms with E-state index in [1.807, 2.05) is 6.20 Å². The average molecular weight is 235 g/mol. The Hall–Kier alpha value is -0.830. The lowest BCUT2D eigenvalue weighted by Crippen LogP contribution is -2.18. The molecule has 1 N–H and O–H groups in total. The smallest absolute Gasteiger partial charge is 0.0537 e. The van der Waals surface area contributed by atoms with Gasteiger partial charge in [0, 0.05) is 24.3 Å². The van der Waals surface area contributed by atoms with Crippen molar-refractivity contribution in [1.29, 1.82) is 0 Å². The van der Waals surface area contributed by atoms with E-state index in [1.165, 1.54) is 37.7 Å². The first kappa shape index (κ1) is 12.6. The van der Waals surface area contributed by atoms with E-state index in [4.69, 9.17) is 0 Å². The minimum absolute atomic E-state index is 0.423. The molecule has 0 spiro atoms. The van der Waals surface area contributed by atoms with E-state index in [-0.39, 0.29) is 0 Å². The molecule has 1 atom stereocenters. The lowest BCUT2D eigenvalue weighted by Gasteiger charge is -2.11. The summed E-state index contributed by atoms with van der Waals surface area (Å²) >= 11 is 0. The number of aromatic nitrogens is 2. The van der Waals surface area contributed by atoms with Gasteiger partial charge in [0.25, 0.3) is 0 Å². The van der Waals surface area contributed by atoms with Crippen molar-refractivity contribution < 1.29 is 0 Å². The van der Waals surface area contributed by atoms with Crippen molar-refractivity contribution >= 4 is 0 Å². The highest BCUT2D eigenvalue weighted by Crippen LogP contribution is 2.26. The van der Waals surface area contributed by atoms with Gasteiger partial charge in [-0.3, -0.25) is 4.68 Å². The summed E-state index contributed by atoms with van der Waals surface area (Å²) in [5.74, 6) is 0.863. The van der Waals surface area contributed by atoms with Crippen LogP contribution in [0.3, 0.4) is 0 Å². The Morgan fingerprint density at radius 1 is 1.47 bits per heavy atom. The lowest BCUT2D eigenvalue weighted by atomic mass is 10.1. The summed E-state index contributed by atoms with van der Waals surface area (Å²) in [4.78, 5) is 0. The van der Waals surface area contributed by atoms with E-state index in [0.717, 1.165) is 19.0 Å². The Morgan fingerprint density at radius 2 is 2.24 bits per heavy atom. The average Bonchev–Trinajstić information content (AvgIpc) is 2.98. The van der Waals surface area contributed by atoms with E-state index >= 15 is 0 Å². The zero-order valence-electron chi connectivity index (χ0n) is 11.2. The maximum absolute atomic E-state index is 4.49. The second-order valence-electron chi connectivity index (χ2n) is 5.32. The molecule has 96 valence electrons. The molecule has 0 aromatic carbocycles. The van der Waals surface area contributed by atoms with Gasteiger partial charge in [-0.25, -0.2) is 0 Å². The van der Waals surface area contributed by atoms with Crippen molar-refractivity contribution in [3.05, 3.63) is 18.0 Å². The van der Waals surface area contributed by atoms with E-state index in [9.17, 15) is 0 Å². The number of hydrogen-bond donors (Lipinski definition) is 1. The first-order valence-corrected chi connectivity index (χ1v) is 7.05. The summed E-state index contributed by atoms with van der Waals surface area (Å²) in [6.07, 6.45) is 11.0. The number of rotatable bonds is 6. The van der Waals surface area contributed by atoms with Crippen molar-refractivity contribution in [2.75, 3.05) is 6.54 Å². The highest BCUT2D eigenvalue weighted by Gasteiger charge is 2.16. The molecule has 2 rings (SSSR count). The van der Waals surface area contributed by atoms with Gasteiger partial charge in [0.05, 0.1) is 6.20 Å². The molecule has 3 nitrogen and oxygen atoms in total. The Balaban J connectivity index is 1.86. The first-order chi connectivity index (χ1) is 8.29. The van der Waals surface area contributed by atoms with Crippen molar-refractivity contribution in [2.24, 2.45) is 5.92 Å². The predicted molar refractivity (Wildman–Crippen MR) is 70.9 cm³/mol. The van der Waals surface area contributed by atoms with Gasteiger partial charge in [0.1, 0.15) is 0 Å². The second kappa shape index (κ2) is 6.20. The van der Waals surface area contributed by atoms with E-state index in [0.29, 0.717) is 6.04 Å². The third-order valence-corrected chi connectivity index (χ3v) is 3.77. The predicted octanol–water partition coefficient (Wildman–Crippen LogP) is 3.13. The van der Waals surface area contributed by atoms with Gasteiger partial charge in [0.15, 0.2) is 0 Å². The van der Waals surface area contributed by atoms with Crippen LogP contribution in [0.4, 0.5) is 0 Å². The first-order valence-electron chi connectivity index (χ1n) is 7.05. The molecule has 1 unspecified atom stereocenters. The highest BCUT2D eigenvalue weighted by molar-refractivity contribution is 5.09. The molecule has 3 heteroatoms. The van der Waals surface area contributed by atoms with Crippen molar-refractivity contribution in [3.63, 3.8) is 0 Å². The maximum Gasteiger partial charge on any atom is 0.0537 e. The number of hydrogen-bond acceptors (Lipinski definition) is 2. The van der Waals surface area contributed by atoms with Crippen LogP contribution in [-0.2, 0) is 6.54 Å². The summed E-state index contributed by atoms with van der Waals surface area (Å²) < 4.78 is 2.13. The van der Waals surface area contributed by atoms with Crippen LogP contribution in [0.1, 0.15) is 57.6 Å². The quantitative estimate of drug-likeness (QED) is 0.821. The van der Waals surface area contributed by atoms with E-state index in [1.54, 1.807) is 0 Å². The molecule has 1 fully saturated rings. The molecule has 0 bridgehead atoms. The molecule has 1 saturated carbocycles. The maximum atomic E-state index is 4.49. The topological polar surface area (TPSA) is 29.9 Å². The molecule has 1 aromatic heterocycles. The fraction of sp³-hybridized carbons (Fsp3) is 0.786. The highest BCUT2D eigenvalue weighted by atomic mass is 15.3. The summed E-state index contributed by atoms with van der Waals surface area (Å²) in [7, 11) is 0. The van der Waals surface area contributed by atoms with Gasteiger partial charge in [-0.2, -0.15) is 5.10 Å². The zero-order chi connectivity index (χ0) is 12.1. The zero-order valence-corrected chi connectivity index (χ0v) is 11.2. The molecule has 0 saturated heterocycles. The van der Waals surface area contributed by atoms with Crippen molar-refractivity contribution in [2.45, 2.75) is 58.5 Å². The van der Waals surface area contributed by atoms with Crippen molar-refractivity contribution in [1.82, 2.24) is 15.1 Å². The number of nitrogens with one attached hydrogen (secondary N) is 1. The van der Waals surface area contributed by atoms with Crippen LogP contribution >= 0.6 is 0 Å². The summed E-state index contributed by atoms with van der Waals surface area (Å²) in [5, 5.41) is 7.99. The molecule has 1 heterocycles. The number of nitrogens with zero attached hydrogens (tertiary/aromatic N) is 2. The minimum atomic E-state index is 0.423. The van der Waals surface area contributed by atoms with Gasteiger partial charge in [-0.15, -0.1) is 0 Å². The largest absolute Gasteiger partial charge is 0.310 e. The van der Waals surface area contributed by atoms with Gasteiger partial charge >= 0.3 is 0 Å². The molecule has 1 aromatic rings. The van der Waals surface area contributed by atoms with Crippen LogP contribution in [0.5, 0.6) is 0 Å². The summed E-state index contributed by atoms with van der Waals surface area (Å²) in [6, 6.07) is 0.423. The van der Waals surface area contributed by atoms with Crippen LogP contribution in [-0.4, -0.2) is 16.3 Å². The second-order valence-corrected chi connectivity index (χ2v) is 5.32. The van der Waals surface area contributed by atoms with E-state index in [2.05, 4.69) is 35.1 Å². The van der Waals surface area contributed by atoms with Crippen LogP contribution in [0, 0.1) is 5.92 Å². The van der Waals surface area contributed by atoms with Crippen LogP contribution in [0.15, 0.2) is 12.4 Å². The lowest BCUT2D eigenvalue weighted by molar-refractivity contribution is 0.428. The van der Waals surface area contributed by atoms with Gasteiger partial charge in [-0.05, 0) is 38.6 Å². The minimum Gasteiger partial charge on any atom is -0.310 e. The van der Waals surface area contributed by atoms with Gasteiger partial charge in [-0.1, -0.05) is 19.8 Å². The summed E-state index contributed by atoms with van der Waals surface area (Å²) in [5.41, 5.74) is 1.32. The molecule has 0 amide bonds. The fourth-order valence-corrected chi connectivity index (χ4v) is 2.64. The Morgan fingerprint density at radius 3 is 2.94 bits per heavy atom. The molecule has 0 aliphatic heterocycles. The molecule has 1 aliphatic carbocycles. The third kappa shape index (κ3) is 3.56.